The van der Waals surface area contributed by atoms with E-state index in [1.807, 2.05) is 44.2 Å². The second kappa shape index (κ2) is 8.05. The quantitative estimate of drug-likeness (QED) is 0.665. The summed E-state index contributed by atoms with van der Waals surface area (Å²) in [5.74, 6) is 0.657. The minimum absolute atomic E-state index is 0.271. The molecule has 3 aromatic rings. The van der Waals surface area contributed by atoms with Crippen molar-refractivity contribution in [2.45, 2.75) is 13.8 Å². The summed E-state index contributed by atoms with van der Waals surface area (Å²) in [5, 5.41) is 6.52. The molecule has 27 heavy (non-hydrogen) atoms. The molecule has 1 aromatic heterocycles. The van der Waals surface area contributed by atoms with E-state index in [9.17, 15) is 4.79 Å². The monoisotopic (exact) mass is 382 g/mol. The van der Waals surface area contributed by atoms with Crippen LogP contribution >= 0.6 is 11.6 Å². The molecule has 0 aliphatic carbocycles. The number of rotatable bonds is 5. The molecule has 0 aliphatic rings. The van der Waals surface area contributed by atoms with Gasteiger partial charge in [0.15, 0.2) is 0 Å². The highest BCUT2D eigenvalue weighted by Crippen LogP contribution is 2.32. The summed E-state index contributed by atoms with van der Waals surface area (Å²) in [5.41, 5.74) is 3.74. The van der Waals surface area contributed by atoms with E-state index < -0.39 is 0 Å². The van der Waals surface area contributed by atoms with Gasteiger partial charge in [-0.2, -0.15) is 0 Å². The molecular formula is C20H19ClN4O2. The molecule has 1 amide bonds. The number of ether oxygens (including phenoxy) is 1. The first-order chi connectivity index (χ1) is 13.0. The molecule has 2 aromatic carbocycles. The van der Waals surface area contributed by atoms with Crippen LogP contribution in [0.4, 0.5) is 17.3 Å². The molecule has 2 N–H and O–H groups in total. The molecule has 0 unspecified atom stereocenters. The van der Waals surface area contributed by atoms with Crippen molar-refractivity contribution in [2.75, 3.05) is 17.7 Å². The summed E-state index contributed by atoms with van der Waals surface area (Å²) in [6, 6.07) is 11.1. The maximum Gasteiger partial charge on any atom is 0.258 e. The van der Waals surface area contributed by atoms with Gasteiger partial charge in [0.1, 0.15) is 5.75 Å². The van der Waals surface area contributed by atoms with E-state index in [4.69, 9.17) is 16.3 Å². The van der Waals surface area contributed by atoms with Crippen LogP contribution in [0.15, 0.2) is 48.8 Å². The summed E-state index contributed by atoms with van der Waals surface area (Å²) in [4.78, 5) is 20.8. The minimum atomic E-state index is -0.271. The van der Waals surface area contributed by atoms with Crippen molar-refractivity contribution in [3.05, 3.63) is 70.5 Å². The van der Waals surface area contributed by atoms with E-state index in [2.05, 4.69) is 20.6 Å². The van der Waals surface area contributed by atoms with Crippen molar-refractivity contribution < 1.29 is 9.53 Å². The van der Waals surface area contributed by atoms with Gasteiger partial charge in [0.05, 0.1) is 18.4 Å². The van der Waals surface area contributed by atoms with E-state index in [0.29, 0.717) is 28.0 Å². The van der Waals surface area contributed by atoms with Crippen LogP contribution in [0.5, 0.6) is 5.75 Å². The van der Waals surface area contributed by atoms with E-state index in [-0.39, 0.29) is 5.91 Å². The number of carbonyl (C=O) groups excluding carboxylic acids is 1. The van der Waals surface area contributed by atoms with E-state index in [0.717, 1.165) is 16.8 Å². The number of hydrogen-bond acceptors (Lipinski definition) is 5. The third-order valence-corrected chi connectivity index (χ3v) is 4.32. The number of anilines is 3. The topological polar surface area (TPSA) is 76.1 Å². The second-order valence-corrected chi connectivity index (χ2v) is 6.45. The number of nitrogens with zero attached hydrogens (tertiary/aromatic N) is 2. The van der Waals surface area contributed by atoms with Crippen molar-refractivity contribution in [3.8, 4) is 5.75 Å². The molecule has 138 valence electrons. The van der Waals surface area contributed by atoms with Crippen LogP contribution in [-0.2, 0) is 0 Å². The maximum atomic E-state index is 12.3. The first-order valence-electron chi connectivity index (χ1n) is 8.27. The van der Waals surface area contributed by atoms with E-state index >= 15 is 0 Å². The molecule has 6 nitrogen and oxygen atoms in total. The van der Waals surface area contributed by atoms with Crippen LogP contribution in [0.25, 0.3) is 0 Å². The van der Waals surface area contributed by atoms with Crippen LogP contribution in [0.1, 0.15) is 21.5 Å². The van der Waals surface area contributed by atoms with Gasteiger partial charge in [0.2, 0.25) is 5.95 Å². The predicted molar refractivity (Wildman–Crippen MR) is 107 cm³/mol. The molecule has 0 radical (unpaired) electrons. The van der Waals surface area contributed by atoms with Gasteiger partial charge in [-0.25, -0.2) is 9.97 Å². The zero-order valence-electron chi connectivity index (χ0n) is 15.2. The standard InChI is InChI=1S/C20H19ClN4O2/c1-12-5-4-6-15(7-12)24-19(26)14-10-22-20(23-11-14)25-17-8-13(2)16(21)9-18(17)27-3/h4-11H,1-3H3,(H,24,26)(H,22,23,25). The lowest BCUT2D eigenvalue weighted by Gasteiger charge is -2.12. The second-order valence-electron chi connectivity index (χ2n) is 6.05. The Morgan fingerprint density at radius 1 is 1.11 bits per heavy atom. The van der Waals surface area contributed by atoms with Crippen molar-refractivity contribution in [2.24, 2.45) is 0 Å². The molecule has 0 saturated heterocycles. The molecule has 0 aliphatic heterocycles. The van der Waals surface area contributed by atoms with Gasteiger partial charge in [-0.3, -0.25) is 4.79 Å². The molecule has 0 bridgehead atoms. The van der Waals surface area contributed by atoms with Gasteiger partial charge < -0.3 is 15.4 Å². The highest BCUT2D eigenvalue weighted by molar-refractivity contribution is 6.31. The van der Waals surface area contributed by atoms with Gasteiger partial charge in [-0.15, -0.1) is 0 Å². The first kappa shape index (κ1) is 18.7. The normalized spacial score (nSPS) is 10.4. The Bertz CT molecular complexity index is 974. The fourth-order valence-corrected chi connectivity index (χ4v) is 2.64. The van der Waals surface area contributed by atoms with Gasteiger partial charge >= 0.3 is 0 Å². The molecule has 3 rings (SSSR count). The number of benzene rings is 2. The van der Waals surface area contributed by atoms with Crippen LogP contribution in [0.2, 0.25) is 5.02 Å². The van der Waals surface area contributed by atoms with Crippen LogP contribution in [0.3, 0.4) is 0 Å². The molecule has 0 spiro atoms. The highest BCUT2D eigenvalue weighted by atomic mass is 35.5. The van der Waals surface area contributed by atoms with Gasteiger partial charge in [0, 0.05) is 29.2 Å². The Hall–Kier alpha value is -3.12. The van der Waals surface area contributed by atoms with Gasteiger partial charge in [0.25, 0.3) is 5.91 Å². The number of halogens is 1. The summed E-state index contributed by atoms with van der Waals surface area (Å²) >= 11 is 6.12. The smallest absolute Gasteiger partial charge is 0.258 e. The van der Waals surface area contributed by atoms with Crippen molar-refractivity contribution in [1.29, 1.82) is 0 Å². The highest BCUT2D eigenvalue weighted by Gasteiger charge is 2.11. The third kappa shape index (κ3) is 4.54. The van der Waals surface area contributed by atoms with Gasteiger partial charge in [-0.05, 0) is 43.2 Å². The number of amides is 1. The lowest BCUT2D eigenvalue weighted by Crippen LogP contribution is -2.13. The molecule has 0 atom stereocenters. The van der Waals surface area contributed by atoms with Crippen molar-refractivity contribution in [3.63, 3.8) is 0 Å². The van der Waals surface area contributed by atoms with Crippen LogP contribution < -0.4 is 15.4 Å². The number of aryl methyl sites for hydroxylation is 2. The Balaban J connectivity index is 1.74. The molecular weight excluding hydrogens is 364 g/mol. The zero-order chi connectivity index (χ0) is 19.4. The minimum Gasteiger partial charge on any atom is -0.495 e. The maximum absolute atomic E-state index is 12.3. The van der Waals surface area contributed by atoms with Crippen LogP contribution in [-0.4, -0.2) is 23.0 Å². The summed E-state index contributed by atoms with van der Waals surface area (Å²) in [7, 11) is 1.56. The number of aromatic nitrogens is 2. The lowest BCUT2D eigenvalue weighted by molar-refractivity contribution is 0.102. The molecule has 1 heterocycles. The summed E-state index contributed by atoms with van der Waals surface area (Å²) in [6.45, 7) is 3.86. The Kier molecular flexibility index (Phi) is 5.57. The zero-order valence-corrected chi connectivity index (χ0v) is 16.0. The Morgan fingerprint density at radius 2 is 1.85 bits per heavy atom. The number of hydrogen-bond donors (Lipinski definition) is 2. The fraction of sp³-hybridized carbons (Fsp3) is 0.150. The molecule has 7 heteroatoms. The number of nitrogens with one attached hydrogen (secondary N) is 2. The Morgan fingerprint density at radius 3 is 2.52 bits per heavy atom. The molecule has 0 fully saturated rings. The van der Waals surface area contributed by atoms with Crippen LogP contribution in [0, 0.1) is 13.8 Å². The van der Waals surface area contributed by atoms with Crippen molar-refractivity contribution in [1.82, 2.24) is 9.97 Å². The average Bonchev–Trinajstić information content (AvgIpc) is 2.65. The SMILES string of the molecule is COc1cc(Cl)c(C)cc1Nc1ncc(C(=O)Nc2cccc(C)c2)cn1. The number of methoxy groups -OCH3 is 1. The number of carbonyl (C=O) groups is 1. The average molecular weight is 383 g/mol. The summed E-state index contributed by atoms with van der Waals surface area (Å²) in [6.07, 6.45) is 2.94. The first-order valence-corrected chi connectivity index (χ1v) is 8.65. The van der Waals surface area contributed by atoms with E-state index in [1.54, 1.807) is 13.2 Å². The fourth-order valence-electron chi connectivity index (χ4n) is 2.49. The van der Waals surface area contributed by atoms with Gasteiger partial charge in [-0.1, -0.05) is 23.7 Å². The summed E-state index contributed by atoms with van der Waals surface area (Å²) < 4.78 is 5.32. The lowest BCUT2D eigenvalue weighted by atomic mass is 10.2. The molecule has 0 saturated carbocycles. The Labute approximate surface area is 162 Å². The van der Waals surface area contributed by atoms with Crippen molar-refractivity contribution >= 4 is 34.8 Å². The van der Waals surface area contributed by atoms with E-state index in [1.165, 1.54) is 12.4 Å². The predicted octanol–water partition coefficient (Wildman–Crippen LogP) is 4.75. The third-order valence-electron chi connectivity index (χ3n) is 3.92. The largest absolute Gasteiger partial charge is 0.495 e.